The van der Waals surface area contributed by atoms with Gasteiger partial charge in [0, 0.05) is 44.8 Å². The van der Waals surface area contributed by atoms with E-state index >= 15 is 0 Å². The van der Waals surface area contributed by atoms with E-state index in [9.17, 15) is 18.0 Å². The molecule has 0 spiro atoms. The Kier molecular flexibility index (Phi) is 6.15. The fourth-order valence-corrected chi connectivity index (χ4v) is 3.83. The molecule has 0 aliphatic carbocycles. The van der Waals surface area contributed by atoms with Gasteiger partial charge in [-0.05, 0) is 31.3 Å². The molecule has 1 aromatic heterocycles. The maximum atomic E-state index is 13.3. The number of carbonyl (C=O) groups excluding carboxylic acids is 1. The molecule has 2 aromatic rings. The molecule has 0 bridgehead atoms. The Balaban J connectivity index is 1.70. The van der Waals surface area contributed by atoms with Crippen LogP contribution in [0.25, 0.3) is 11.3 Å². The molecule has 2 saturated heterocycles. The molecular formula is C22H25F3N4O2. The van der Waals surface area contributed by atoms with Gasteiger partial charge in [0.15, 0.2) is 0 Å². The number of halogens is 3. The van der Waals surface area contributed by atoms with Crippen molar-refractivity contribution < 1.29 is 22.7 Å². The standard InChI is InChI=1S/C22H25F3N4O2/c1-27-7-9-29(10-8-27)21(30)18-5-6-19(26-20(18)28-11-13-31-14-12-28)16-3-2-4-17(15-16)22(23,24)25/h2-6,15H,7-14H2,1H3. The highest BCUT2D eigenvalue weighted by Gasteiger charge is 2.31. The van der Waals surface area contributed by atoms with E-state index in [2.05, 4.69) is 9.88 Å². The van der Waals surface area contributed by atoms with Gasteiger partial charge in [-0.2, -0.15) is 13.2 Å². The summed E-state index contributed by atoms with van der Waals surface area (Å²) in [6.45, 7) is 5.03. The number of morpholine rings is 1. The molecule has 0 N–H and O–H groups in total. The number of amides is 1. The van der Waals surface area contributed by atoms with Crippen LogP contribution in [0.1, 0.15) is 15.9 Å². The number of hydrogen-bond donors (Lipinski definition) is 0. The van der Waals surface area contributed by atoms with E-state index in [1.807, 2.05) is 16.8 Å². The summed E-state index contributed by atoms with van der Waals surface area (Å²) in [5.74, 6) is 0.403. The Hall–Kier alpha value is -2.65. The summed E-state index contributed by atoms with van der Waals surface area (Å²) >= 11 is 0. The molecule has 1 aromatic carbocycles. The number of anilines is 1. The Morgan fingerprint density at radius 2 is 1.71 bits per heavy atom. The van der Waals surface area contributed by atoms with Gasteiger partial charge >= 0.3 is 6.18 Å². The summed E-state index contributed by atoms with van der Waals surface area (Å²) in [7, 11) is 2.02. The largest absolute Gasteiger partial charge is 0.416 e. The number of alkyl halides is 3. The van der Waals surface area contributed by atoms with E-state index in [0.717, 1.165) is 25.2 Å². The summed E-state index contributed by atoms with van der Waals surface area (Å²) in [5.41, 5.74) is 0.518. The van der Waals surface area contributed by atoms with Crippen LogP contribution >= 0.6 is 0 Å². The van der Waals surface area contributed by atoms with Gasteiger partial charge in [-0.15, -0.1) is 0 Å². The second kappa shape index (κ2) is 8.84. The lowest BCUT2D eigenvalue weighted by Gasteiger charge is -2.34. The molecule has 0 radical (unpaired) electrons. The predicted molar refractivity (Wildman–Crippen MR) is 111 cm³/mol. The average Bonchev–Trinajstić information content (AvgIpc) is 2.79. The third-order valence-electron chi connectivity index (χ3n) is 5.69. The Morgan fingerprint density at radius 3 is 2.39 bits per heavy atom. The number of rotatable bonds is 3. The van der Waals surface area contributed by atoms with Crippen LogP contribution in [0.3, 0.4) is 0 Å². The number of ether oxygens (including phenoxy) is 1. The zero-order valence-electron chi connectivity index (χ0n) is 17.4. The minimum Gasteiger partial charge on any atom is -0.378 e. The summed E-state index contributed by atoms with van der Waals surface area (Å²) in [4.78, 5) is 23.9. The first-order valence-electron chi connectivity index (χ1n) is 10.3. The third kappa shape index (κ3) is 4.83. The van der Waals surface area contributed by atoms with Gasteiger partial charge in [0.2, 0.25) is 0 Å². The normalized spacial score (nSPS) is 18.3. The minimum absolute atomic E-state index is 0.0994. The zero-order valence-corrected chi connectivity index (χ0v) is 17.4. The smallest absolute Gasteiger partial charge is 0.378 e. The van der Waals surface area contributed by atoms with Crippen molar-refractivity contribution >= 4 is 11.7 Å². The number of benzene rings is 1. The van der Waals surface area contributed by atoms with Crippen LogP contribution in [0.15, 0.2) is 36.4 Å². The fraction of sp³-hybridized carbons (Fsp3) is 0.455. The quantitative estimate of drug-likeness (QED) is 0.744. The molecule has 0 saturated carbocycles. The van der Waals surface area contributed by atoms with Crippen molar-refractivity contribution in [3.63, 3.8) is 0 Å². The first-order valence-corrected chi connectivity index (χ1v) is 10.3. The number of piperazine rings is 1. The van der Waals surface area contributed by atoms with Crippen LogP contribution in [0.5, 0.6) is 0 Å². The molecule has 0 unspecified atom stereocenters. The Morgan fingerprint density at radius 1 is 1.00 bits per heavy atom. The van der Waals surface area contributed by atoms with E-state index in [4.69, 9.17) is 4.74 Å². The number of nitrogens with zero attached hydrogens (tertiary/aromatic N) is 4. The fourth-order valence-electron chi connectivity index (χ4n) is 3.83. The van der Waals surface area contributed by atoms with Crippen molar-refractivity contribution in [2.24, 2.45) is 0 Å². The van der Waals surface area contributed by atoms with Gasteiger partial charge in [0.25, 0.3) is 5.91 Å². The van der Waals surface area contributed by atoms with Gasteiger partial charge < -0.3 is 19.4 Å². The molecular weight excluding hydrogens is 409 g/mol. The van der Waals surface area contributed by atoms with Gasteiger partial charge in [-0.25, -0.2) is 4.98 Å². The van der Waals surface area contributed by atoms with Crippen molar-refractivity contribution in [2.45, 2.75) is 6.18 Å². The van der Waals surface area contributed by atoms with Crippen LogP contribution in [0.2, 0.25) is 0 Å². The monoisotopic (exact) mass is 434 g/mol. The first kappa shape index (κ1) is 21.6. The van der Waals surface area contributed by atoms with E-state index in [1.54, 1.807) is 18.2 Å². The Bertz CT molecular complexity index is 937. The van der Waals surface area contributed by atoms with Gasteiger partial charge in [-0.3, -0.25) is 4.79 Å². The van der Waals surface area contributed by atoms with Gasteiger partial charge in [0.05, 0.1) is 30.0 Å². The number of pyridine rings is 1. The second-order valence-electron chi connectivity index (χ2n) is 7.84. The number of likely N-dealkylation sites (N-methyl/N-ethyl adjacent to an activating group) is 1. The topological polar surface area (TPSA) is 48.9 Å². The maximum Gasteiger partial charge on any atom is 0.416 e. The molecule has 31 heavy (non-hydrogen) atoms. The lowest BCUT2D eigenvalue weighted by molar-refractivity contribution is -0.137. The molecule has 166 valence electrons. The number of carbonyl (C=O) groups is 1. The van der Waals surface area contributed by atoms with Crippen molar-refractivity contribution in [1.29, 1.82) is 0 Å². The van der Waals surface area contributed by atoms with Crippen molar-refractivity contribution in [3.05, 3.63) is 47.5 Å². The zero-order chi connectivity index (χ0) is 22.0. The van der Waals surface area contributed by atoms with E-state index < -0.39 is 11.7 Å². The maximum absolute atomic E-state index is 13.3. The SMILES string of the molecule is CN1CCN(C(=O)c2ccc(-c3cccc(C(F)(F)F)c3)nc2N2CCOCC2)CC1. The molecule has 2 aliphatic rings. The molecule has 9 heteroatoms. The summed E-state index contributed by atoms with van der Waals surface area (Å²) < 4.78 is 44.9. The molecule has 4 rings (SSSR count). The molecule has 2 fully saturated rings. The van der Waals surface area contributed by atoms with Crippen molar-refractivity contribution in [2.75, 3.05) is 64.4 Å². The van der Waals surface area contributed by atoms with Gasteiger partial charge in [0.1, 0.15) is 5.82 Å². The molecule has 2 aliphatic heterocycles. The molecule has 0 atom stereocenters. The summed E-state index contributed by atoms with van der Waals surface area (Å²) in [5, 5.41) is 0. The van der Waals surface area contributed by atoms with E-state index in [1.165, 1.54) is 6.07 Å². The van der Waals surface area contributed by atoms with Crippen LogP contribution in [0, 0.1) is 0 Å². The highest BCUT2D eigenvalue weighted by atomic mass is 19.4. The molecule has 6 nitrogen and oxygen atoms in total. The van der Waals surface area contributed by atoms with Crippen molar-refractivity contribution in [1.82, 2.24) is 14.8 Å². The van der Waals surface area contributed by atoms with Crippen molar-refractivity contribution in [3.8, 4) is 11.3 Å². The van der Waals surface area contributed by atoms with Crippen LogP contribution in [-0.4, -0.2) is 80.2 Å². The predicted octanol–water partition coefficient (Wildman–Crippen LogP) is 2.99. The van der Waals surface area contributed by atoms with Crippen LogP contribution in [-0.2, 0) is 10.9 Å². The number of aromatic nitrogens is 1. The minimum atomic E-state index is -4.43. The van der Waals surface area contributed by atoms with Gasteiger partial charge in [-0.1, -0.05) is 12.1 Å². The van der Waals surface area contributed by atoms with Crippen LogP contribution < -0.4 is 4.90 Å². The molecule has 1 amide bonds. The molecule has 3 heterocycles. The average molecular weight is 434 g/mol. The highest BCUT2D eigenvalue weighted by Crippen LogP contribution is 2.33. The highest BCUT2D eigenvalue weighted by molar-refractivity contribution is 5.99. The Labute approximate surface area is 179 Å². The van der Waals surface area contributed by atoms with E-state index in [-0.39, 0.29) is 5.91 Å². The summed E-state index contributed by atoms with van der Waals surface area (Å²) in [6, 6.07) is 8.42. The third-order valence-corrected chi connectivity index (χ3v) is 5.69. The lowest BCUT2D eigenvalue weighted by atomic mass is 10.1. The number of hydrogen-bond acceptors (Lipinski definition) is 5. The lowest BCUT2D eigenvalue weighted by Crippen LogP contribution is -2.47. The second-order valence-corrected chi connectivity index (χ2v) is 7.84. The van der Waals surface area contributed by atoms with Crippen LogP contribution in [0.4, 0.5) is 19.0 Å². The first-order chi connectivity index (χ1) is 14.8. The van der Waals surface area contributed by atoms with E-state index in [0.29, 0.717) is 62.0 Å². The summed E-state index contributed by atoms with van der Waals surface area (Å²) in [6.07, 6.45) is -4.43.